The lowest BCUT2D eigenvalue weighted by Gasteiger charge is -2.10. The van der Waals surface area contributed by atoms with Crippen molar-refractivity contribution in [3.05, 3.63) is 239 Å². The van der Waals surface area contributed by atoms with Crippen LogP contribution in [0, 0.1) is 5.82 Å². The molecule has 0 saturated heterocycles. The van der Waals surface area contributed by atoms with Gasteiger partial charge in [0.15, 0.2) is 0 Å². The zero-order valence-corrected chi connectivity index (χ0v) is 48.9. The fraction of sp³-hybridized carbons (Fsp3) is 0.0469. The Kier molecular flexibility index (Phi) is 15.0. The monoisotopic (exact) mass is 1250 g/mol. The molecule has 22 nitrogen and oxygen atoms in total. The summed E-state index contributed by atoms with van der Waals surface area (Å²) in [7, 11) is 0. The van der Waals surface area contributed by atoms with Gasteiger partial charge in [0.2, 0.25) is 0 Å². The molecule has 0 bridgehead atoms. The maximum absolute atomic E-state index is 14.4. The number of nitrogens with two attached hydrogens (primary N) is 2. The maximum atomic E-state index is 14.4. The standard InChI is InChI=1S/C22H14FN3O3S.2C21H15N5O3S/c23-14-6-2-1-4-12(14)10-26-15-7-8-16-19(25-11-30-16)18(15)17(20(26)22(28)29)13-5-3-9-24-21(13)27;22-15-8-11(5-7-23-15)9-26-14-4-3-13-19(30-10-25-13)17(14)16(18(26)21(28)29)12-2-1-6-24-20(12)27;22-15-8-11(5-7-23-15)9-26-13-3-4-14-18(25-10-30-14)17(13)16(19(26)21(28)29)12-2-1-6-24-20(12)27/h1-9,11H,10H2,(H,24,27)(H,28,29);2*1-8,10H,9H2,(H2,22,23)(H,24,27)(H,28,29). The molecule has 11 heterocycles. The van der Waals surface area contributed by atoms with E-state index in [9.17, 15) is 48.5 Å². The minimum Gasteiger partial charge on any atom is -0.477 e. The van der Waals surface area contributed by atoms with E-state index < -0.39 is 29.3 Å². The number of carbonyl (C=O) groups is 3. The van der Waals surface area contributed by atoms with Crippen LogP contribution in [0.4, 0.5) is 16.0 Å². The number of nitrogen functional groups attached to an aromatic ring is 2. The quantitative estimate of drug-likeness (QED) is 0.0563. The SMILES string of the molecule is Nc1cc(Cn2c(C(=O)O)c(-c3ccc[nH]c3=O)c3c4ncsc4ccc32)ccn1.Nc1cc(Cn2c(C(=O)O)c(-c3ccc[nH]c3=O)c3c4scnc4ccc32)ccn1.O=C(O)c1c(-c2ccc[nH]c2=O)c2c3ncsc3ccc2n1Cc1ccccc1F. The summed E-state index contributed by atoms with van der Waals surface area (Å²) >= 11 is 4.30. The normalized spacial score (nSPS) is 11.3. The molecule has 0 radical (unpaired) electrons. The number of H-pyrrole nitrogens is 3. The van der Waals surface area contributed by atoms with Crippen molar-refractivity contribution in [1.82, 2.24) is 53.6 Å². The number of nitrogens with one attached hydrogen (secondary N) is 3. The largest absolute Gasteiger partial charge is 0.477 e. The number of fused-ring (bicyclic) bond motifs is 9. The molecule has 26 heteroatoms. The summed E-state index contributed by atoms with van der Waals surface area (Å²) in [6.45, 7) is 0.524. The summed E-state index contributed by atoms with van der Waals surface area (Å²) in [6, 6.07) is 34.2. The first kappa shape index (κ1) is 57.3. The van der Waals surface area contributed by atoms with E-state index in [-0.39, 0.29) is 64.5 Å². The number of benzene rings is 4. The zero-order valence-electron chi connectivity index (χ0n) is 46.4. The van der Waals surface area contributed by atoms with Crippen molar-refractivity contribution in [2.24, 2.45) is 0 Å². The van der Waals surface area contributed by atoms with Crippen LogP contribution in [0.25, 0.3) is 96.7 Å². The third kappa shape index (κ3) is 10.3. The number of anilines is 2. The molecule has 0 aliphatic heterocycles. The lowest BCUT2D eigenvalue weighted by Crippen LogP contribution is -2.14. The molecule has 90 heavy (non-hydrogen) atoms. The predicted octanol–water partition coefficient (Wildman–Crippen LogP) is 11.2. The fourth-order valence-corrected chi connectivity index (χ4v) is 13.6. The van der Waals surface area contributed by atoms with Gasteiger partial charge in [0.1, 0.15) is 34.5 Å². The van der Waals surface area contributed by atoms with E-state index in [4.69, 9.17) is 11.5 Å². The van der Waals surface area contributed by atoms with Crippen LogP contribution in [-0.2, 0) is 19.6 Å². The van der Waals surface area contributed by atoms with Gasteiger partial charge in [0, 0.05) is 82.5 Å². The Labute approximate surface area is 515 Å². The number of halogens is 1. The van der Waals surface area contributed by atoms with Crippen molar-refractivity contribution in [3.63, 3.8) is 0 Å². The Morgan fingerprint density at radius 2 is 0.900 bits per heavy atom. The van der Waals surface area contributed by atoms with Gasteiger partial charge in [0.25, 0.3) is 16.7 Å². The predicted molar refractivity (Wildman–Crippen MR) is 345 cm³/mol. The second-order valence-electron chi connectivity index (χ2n) is 20.3. The van der Waals surface area contributed by atoms with Crippen LogP contribution in [0.1, 0.15) is 48.2 Å². The molecule has 0 aliphatic rings. The van der Waals surface area contributed by atoms with Crippen LogP contribution in [0.3, 0.4) is 0 Å². The Bertz CT molecular complexity index is 5350. The summed E-state index contributed by atoms with van der Waals surface area (Å²) in [4.78, 5) is 104. The number of pyridine rings is 5. The van der Waals surface area contributed by atoms with Gasteiger partial charge in [-0.2, -0.15) is 0 Å². The van der Waals surface area contributed by atoms with E-state index in [0.29, 0.717) is 77.6 Å². The van der Waals surface area contributed by atoms with Crippen LogP contribution in [-0.4, -0.2) is 86.8 Å². The van der Waals surface area contributed by atoms with Gasteiger partial charge in [-0.15, -0.1) is 34.0 Å². The zero-order chi connectivity index (χ0) is 62.5. The van der Waals surface area contributed by atoms with Crippen molar-refractivity contribution in [2.75, 3.05) is 11.5 Å². The minimum absolute atomic E-state index is 0.00515. The number of aromatic nitrogens is 11. The van der Waals surface area contributed by atoms with Gasteiger partial charge < -0.3 is 55.4 Å². The maximum Gasteiger partial charge on any atom is 0.353 e. The van der Waals surface area contributed by atoms with E-state index >= 15 is 0 Å². The highest BCUT2D eigenvalue weighted by molar-refractivity contribution is 7.18. The van der Waals surface area contributed by atoms with Crippen molar-refractivity contribution in [2.45, 2.75) is 19.6 Å². The lowest BCUT2D eigenvalue weighted by atomic mass is 10.0. The number of aromatic carboxylic acids is 3. The van der Waals surface area contributed by atoms with Crippen molar-refractivity contribution < 1.29 is 34.1 Å². The minimum atomic E-state index is -1.20. The van der Waals surface area contributed by atoms with E-state index in [1.807, 2.05) is 30.3 Å². The number of thiazole rings is 3. The van der Waals surface area contributed by atoms with Crippen LogP contribution in [0.5, 0.6) is 0 Å². The second kappa shape index (κ2) is 23.5. The number of rotatable bonds is 12. The summed E-state index contributed by atoms with van der Waals surface area (Å²) < 4.78 is 21.9. The van der Waals surface area contributed by atoms with Gasteiger partial charge in [-0.25, -0.2) is 43.7 Å². The third-order valence-corrected chi connectivity index (χ3v) is 17.6. The molecule has 15 rings (SSSR count). The lowest BCUT2D eigenvalue weighted by molar-refractivity contribution is 0.0676. The van der Waals surface area contributed by atoms with E-state index in [1.54, 1.807) is 123 Å². The second-order valence-corrected chi connectivity index (χ2v) is 23.0. The molecule has 0 spiro atoms. The summed E-state index contributed by atoms with van der Waals surface area (Å²) in [6.07, 6.45) is 7.69. The first-order valence-electron chi connectivity index (χ1n) is 27.2. The molecule has 0 atom stereocenters. The topological polar surface area (TPSA) is 342 Å². The third-order valence-electron chi connectivity index (χ3n) is 15.1. The van der Waals surface area contributed by atoms with Crippen molar-refractivity contribution in [1.29, 1.82) is 0 Å². The molecule has 0 fully saturated rings. The number of carboxylic acid groups (broad SMARTS) is 3. The van der Waals surface area contributed by atoms with E-state index in [1.165, 1.54) is 63.2 Å². The summed E-state index contributed by atoms with van der Waals surface area (Å²) in [5.41, 5.74) is 23.4. The average Bonchev–Trinajstić information content (AvgIpc) is 1.61. The van der Waals surface area contributed by atoms with Crippen LogP contribution >= 0.6 is 34.0 Å². The molecule has 0 saturated carbocycles. The van der Waals surface area contributed by atoms with Crippen molar-refractivity contribution in [3.8, 4) is 33.4 Å². The van der Waals surface area contributed by atoms with Crippen molar-refractivity contribution >= 4 is 127 Å². The Balaban J connectivity index is 0.000000124. The van der Waals surface area contributed by atoms with Crippen LogP contribution < -0.4 is 28.1 Å². The molecule has 444 valence electrons. The molecule has 0 amide bonds. The molecular formula is C64H44FN13O9S3. The number of hydrogen-bond donors (Lipinski definition) is 8. The molecule has 0 aliphatic carbocycles. The first-order chi connectivity index (χ1) is 43.6. The molecule has 11 aromatic heterocycles. The van der Waals surface area contributed by atoms with Gasteiger partial charge >= 0.3 is 17.9 Å². The van der Waals surface area contributed by atoms with E-state index in [2.05, 4.69) is 39.9 Å². The summed E-state index contributed by atoms with van der Waals surface area (Å²) in [5, 5.41) is 32.4. The highest BCUT2D eigenvalue weighted by Crippen LogP contribution is 2.43. The van der Waals surface area contributed by atoms with Crippen LogP contribution in [0.15, 0.2) is 183 Å². The van der Waals surface area contributed by atoms with Gasteiger partial charge in [0.05, 0.1) is 87.0 Å². The van der Waals surface area contributed by atoms with Gasteiger partial charge in [-0.05, 0) is 114 Å². The smallest absolute Gasteiger partial charge is 0.353 e. The molecule has 0 unspecified atom stereocenters. The molecule has 15 aromatic rings. The number of carboxylic acids is 3. The Morgan fingerprint density at radius 1 is 0.478 bits per heavy atom. The number of nitrogens with zero attached hydrogens (tertiary/aromatic N) is 8. The van der Waals surface area contributed by atoms with Crippen LogP contribution in [0.2, 0.25) is 0 Å². The summed E-state index contributed by atoms with van der Waals surface area (Å²) in [5.74, 6) is -3.18. The Hall–Kier alpha value is -11.7. The molecule has 10 N–H and O–H groups in total. The highest BCUT2D eigenvalue weighted by atomic mass is 32.1. The van der Waals surface area contributed by atoms with Gasteiger partial charge in [-0.1, -0.05) is 18.2 Å². The average molecular weight is 1250 g/mol. The van der Waals surface area contributed by atoms with E-state index in [0.717, 1.165) is 30.7 Å². The molecular weight excluding hydrogens is 1210 g/mol. The fourth-order valence-electron chi connectivity index (χ4n) is 11.4. The highest BCUT2D eigenvalue weighted by Gasteiger charge is 2.31. The first-order valence-corrected chi connectivity index (χ1v) is 29.8. The number of aromatic amines is 3. The van der Waals surface area contributed by atoms with Gasteiger partial charge in [-0.3, -0.25) is 14.4 Å². The number of hydrogen-bond acceptors (Lipinski definition) is 16. The Morgan fingerprint density at radius 3 is 1.34 bits per heavy atom. The molecule has 4 aromatic carbocycles.